The number of rotatable bonds is 7. The summed E-state index contributed by atoms with van der Waals surface area (Å²) in [5.74, 6) is 1.76. The van der Waals surface area contributed by atoms with Crippen molar-refractivity contribution in [2.24, 2.45) is 0 Å². The number of benzene rings is 9. The largest absolute Gasteiger partial charge is 0.457 e. The average Bonchev–Trinajstić information content (AvgIpc) is 3.57. The molecule has 1 aliphatic carbocycles. The highest BCUT2D eigenvalue weighted by Crippen LogP contribution is 2.63. The third-order valence-corrected chi connectivity index (χ3v) is 11.7. The van der Waals surface area contributed by atoms with Crippen molar-refractivity contribution in [2.45, 2.75) is 5.41 Å². The van der Waals surface area contributed by atoms with Crippen LogP contribution in [0.2, 0.25) is 0 Å². The number of nitrogens with zero attached hydrogens (tertiary/aromatic N) is 2. The van der Waals surface area contributed by atoms with E-state index in [-0.39, 0.29) is 0 Å². The molecule has 274 valence electrons. The highest BCUT2D eigenvalue weighted by atomic mass is 16.5. The minimum Gasteiger partial charge on any atom is -0.457 e. The van der Waals surface area contributed by atoms with Gasteiger partial charge in [0.1, 0.15) is 11.5 Å². The van der Waals surface area contributed by atoms with Gasteiger partial charge in [0.2, 0.25) is 0 Å². The Balaban J connectivity index is 1.18. The molecule has 3 heteroatoms. The lowest BCUT2D eigenvalue weighted by atomic mass is 9.66. The molecule has 0 amide bonds. The van der Waals surface area contributed by atoms with Crippen molar-refractivity contribution in [1.29, 1.82) is 0 Å². The molecule has 0 bridgehead atoms. The van der Waals surface area contributed by atoms with Crippen molar-refractivity contribution in [2.75, 3.05) is 9.80 Å². The quantitative estimate of drug-likeness (QED) is 0.162. The van der Waals surface area contributed by atoms with Crippen LogP contribution in [0, 0.1) is 0 Å². The molecule has 0 N–H and O–H groups in total. The van der Waals surface area contributed by atoms with Gasteiger partial charge in [0.15, 0.2) is 0 Å². The lowest BCUT2D eigenvalue weighted by Crippen LogP contribution is -2.32. The summed E-state index contributed by atoms with van der Waals surface area (Å²) in [6.45, 7) is 0. The van der Waals surface area contributed by atoms with E-state index in [2.05, 4.69) is 240 Å². The molecule has 0 atom stereocenters. The molecule has 0 aromatic heterocycles. The van der Waals surface area contributed by atoms with Crippen LogP contribution in [0.25, 0.3) is 22.3 Å². The number of hydrogen-bond acceptors (Lipinski definition) is 3. The van der Waals surface area contributed by atoms with Gasteiger partial charge in [0.25, 0.3) is 0 Å². The molecule has 0 radical (unpaired) electrons. The molecule has 1 heterocycles. The minimum atomic E-state index is -0.595. The van der Waals surface area contributed by atoms with Gasteiger partial charge >= 0.3 is 0 Å². The fourth-order valence-corrected chi connectivity index (χ4v) is 9.24. The van der Waals surface area contributed by atoms with Crippen molar-refractivity contribution >= 4 is 34.1 Å². The molecule has 0 unspecified atom stereocenters. The van der Waals surface area contributed by atoms with Crippen LogP contribution in [-0.4, -0.2) is 0 Å². The Hall–Kier alpha value is -7.62. The van der Waals surface area contributed by atoms with Crippen molar-refractivity contribution in [3.63, 3.8) is 0 Å². The van der Waals surface area contributed by atoms with Crippen LogP contribution in [0.5, 0.6) is 11.5 Å². The summed E-state index contributed by atoms with van der Waals surface area (Å²) in [6, 6.07) is 82.7. The van der Waals surface area contributed by atoms with E-state index in [1.165, 1.54) is 33.4 Å². The summed E-state index contributed by atoms with van der Waals surface area (Å²) in [6.07, 6.45) is 0. The van der Waals surface area contributed by atoms with E-state index in [0.29, 0.717) is 0 Å². The van der Waals surface area contributed by atoms with E-state index in [1.54, 1.807) is 0 Å². The highest BCUT2D eigenvalue weighted by Gasteiger charge is 2.51. The molecule has 2 aliphatic rings. The monoisotopic (exact) mass is 742 g/mol. The third kappa shape index (κ3) is 5.36. The topological polar surface area (TPSA) is 15.7 Å². The average molecular weight is 743 g/mol. The molecule has 9 aromatic carbocycles. The smallest absolute Gasteiger partial charge is 0.132 e. The van der Waals surface area contributed by atoms with Gasteiger partial charge in [-0.05, 0) is 118 Å². The van der Waals surface area contributed by atoms with Crippen molar-refractivity contribution < 1.29 is 4.74 Å². The maximum absolute atomic E-state index is 6.68. The third-order valence-electron chi connectivity index (χ3n) is 11.7. The first-order valence-corrected chi connectivity index (χ1v) is 19.8. The fourth-order valence-electron chi connectivity index (χ4n) is 9.24. The number of fused-ring (bicyclic) bond motifs is 9. The fraction of sp³-hybridized carbons (Fsp3) is 0.0182. The summed E-state index contributed by atoms with van der Waals surface area (Å²) in [7, 11) is 0. The van der Waals surface area contributed by atoms with Gasteiger partial charge in [-0.3, -0.25) is 0 Å². The second kappa shape index (κ2) is 13.8. The Morgan fingerprint density at radius 2 is 0.655 bits per heavy atom. The zero-order valence-electron chi connectivity index (χ0n) is 31.7. The molecule has 1 spiro atoms. The van der Waals surface area contributed by atoms with Gasteiger partial charge in [0.05, 0.1) is 5.41 Å². The molecular formula is C55H38N2O. The Bertz CT molecular complexity index is 2840. The first-order valence-electron chi connectivity index (χ1n) is 19.8. The Morgan fingerprint density at radius 3 is 1.16 bits per heavy atom. The van der Waals surface area contributed by atoms with Crippen LogP contribution in [-0.2, 0) is 5.41 Å². The van der Waals surface area contributed by atoms with E-state index in [9.17, 15) is 0 Å². The van der Waals surface area contributed by atoms with Gasteiger partial charge < -0.3 is 14.5 Å². The van der Waals surface area contributed by atoms with Crippen molar-refractivity contribution in [3.8, 4) is 33.8 Å². The molecule has 0 saturated heterocycles. The predicted molar refractivity (Wildman–Crippen MR) is 239 cm³/mol. The molecular weight excluding hydrogens is 705 g/mol. The maximum Gasteiger partial charge on any atom is 0.132 e. The second-order valence-electron chi connectivity index (χ2n) is 14.9. The first-order chi connectivity index (χ1) is 28.8. The number of ether oxygens (including phenoxy) is 1. The normalized spacial score (nSPS) is 12.8. The standard InChI is InChI=1S/C55H38N2O/c1-5-18-39(19-6-1)40-20-17-27-44(36-40)57(43-25-11-4-12-26-43)46-33-35-50-48(38-46)47-37-45(56(41-21-7-2-8-22-41)42-23-9-3-10-24-42)32-34-49(47)55(50)51-28-13-15-30-53(51)58-54-31-16-14-29-52(54)55/h1-38H. The minimum absolute atomic E-state index is 0.595. The SMILES string of the molecule is c1ccc(-c2cccc(N(c3ccccc3)c3ccc4c(c3)-c3cc(N(c5ccccc5)c5ccccc5)ccc3C43c4ccccc4Oc4ccccc43)c2)cc1. The predicted octanol–water partition coefficient (Wildman–Crippen LogP) is 14.8. The summed E-state index contributed by atoms with van der Waals surface area (Å²) < 4.78 is 6.68. The van der Waals surface area contributed by atoms with E-state index in [1.807, 2.05) is 0 Å². The van der Waals surface area contributed by atoms with E-state index < -0.39 is 5.41 Å². The summed E-state index contributed by atoms with van der Waals surface area (Å²) in [5.41, 5.74) is 15.5. The summed E-state index contributed by atoms with van der Waals surface area (Å²) in [5, 5.41) is 0. The van der Waals surface area contributed by atoms with E-state index in [0.717, 1.165) is 56.8 Å². The first kappa shape index (κ1) is 33.7. The van der Waals surface area contributed by atoms with Gasteiger partial charge in [-0.15, -0.1) is 0 Å². The van der Waals surface area contributed by atoms with Crippen molar-refractivity contribution in [3.05, 3.63) is 253 Å². The van der Waals surface area contributed by atoms with Crippen LogP contribution in [0.15, 0.2) is 231 Å². The molecule has 58 heavy (non-hydrogen) atoms. The van der Waals surface area contributed by atoms with Crippen LogP contribution < -0.4 is 14.5 Å². The molecule has 0 fully saturated rings. The maximum atomic E-state index is 6.68. The van der Waals surface area contributed by atoms with Crippen LogP contribution in [0.4, 0.5) is 34.1 Å². The zero-order chi connectivity index (χ0) is 38.5. The zero-order valence-corrected chi connectivity index (χ0v) is 31.7. The van der Waals surface area contributed by atoms with E-state index in [4.69, 9.17) is 4.74 Å². The Labute approximate surface area is 339 Å². The van der Waals surface area contributed by atoms with Crippen molar-refractivity contribution in [1.82, 2.24) is 0 Å². The molecule has 11 rings (SSSR count). The second-order valence-corrected chi connectivity index (χ2v) is 14.9. The van der Waals surface area contributed by atoms with Gasteiger partial charge in [-0.2, -0.15) is 0 Å². The van der Waals surface area contributed by atoms with Gasteiger partial charge in [-0.25, -0.2) is 0 Å². The van der Waals surface area contributed by atoms with Crippen LogP contribution in [0.3, 0.4) is 0 Å². The Morgan fingerprint density at radius 1 is 0.276 bits per heavy atom. The summed E-state index contributed by atoms with van der Waals surface area (Å²) >= 11 is 0. The van der Waals surface area contributed by atoms with E-state index >= 15 is 0 Å². The van der Waals surface area contributed by atoms with Crippen LogP contribution in [0.1, 0.15) is 22.3 Å². The lowest BCUT2D eigenvalue weighted by molar-refractivity contribution is 0.436. The highest BCUT2D eigenvalue weighted by molar-refractivity contribution is 5.94. The Kier molecular flexibility index (Phi) is 8.04. The number of anilines is 6. The number of para-hydroxylation sites is 5. The summed E-state index contributed by atoms with van der Waals surface area (Å²) in [4.78, 5) is 4.74. The van der Waals surface area contributed by atoms with Gasteiger partial charge in [0, 0.05) is 45.3 Å². The lowest BCUT2D eigenvalue weighted by Gasteiger charge is -2.39. The van der Waals surface area contributed by atoms with Crippen LogP contribution >= 0.6 is 0 Å². The molecule has 3 nitrogen and oxygen atoms in total. The molecule has 0 saturated carbocycles. The number of hydrogen-bond donors (Lipinski definition) is 0. The molecule has 1 aliphatic heterocycles. The molecule has 9 aromatic rings. The van der Waals surface area contributed by atoms with Gasteiger partial charge in [-0.1, -0.05) is 146 Å².